The largest absolute Gasteiger partial charge is 0.0648 e. The minimum Gasteiger partial charge on any atom is -0.0648 e. The molecule has 0 N–H and O–H groups in total. The smallest absolute Gasteiger partial charge is 0.0269 e. The van der Waals surface area contributed by atoms with E-state index in [2.05, 4.69) is 27.7 Å². The van der Waals surface area contributed by atoms with Crippen LogP contribution in [-0.4, -0.2) is 0 Å². The van der Waals surface area contributed by atoms with Crippen LogP contribution in [0.4, 0.5) is 0 Å². The molecule has 5 atom stereocenters. The molecule has 0 radical (unpaired) electrons. The van der Waals surface area contributed by atoms with Crippen LogP contribution >= 0.6 is 0 Å². The van der Waals surface area contributed by atoms with Gasteiger partial charge in [0.15, 0.2) is 0 Å². The third kappa shape index (κ3) is 1.25. The van der Waals surface area contributed by atoms with Crippen LogP contribution in [-0.2, 0) is 0 Å². The number of hydrogen-bond acceptors (Lipinski definition) is 0. The van der Waals surface area contributed by atoms with Crippen molar-refractivity contribution in [1.82, 2.24) is 0 Å². The maximum atomic E-state index is 2.49. The van der Waals surface area contributed by atoms with E-state index in [0.717, 1.165) is 29.1 Å². The molecule has 0 heterocycles. The molecule has 2 saturated carbocycles. The lowest BCUT2D eigenvalue weighted by Crippen LogP contribution is -2.32. The fraction of sp³-hybridized carbons (Fsp3) is 1.00. The van der Waals surface area contributed by atoms with Crippen molar-refractivity contribution in [2.75, 3.05) is 0 Å². The van der Waals surface area contributed by atoms with Crippen LogP contribution in [0.3, 0.4) is 0 Å². The molecular weight excluding hydrogens is 156 g/mol. The Hall–Kier alpha value is 0. The minimum atomic E-state index is 0.747. The lowest BCUT2D eigenvalue weighted by molar-refractivity contribution is 0.0869. The van der Waals surface area contributed by atoms with Gasteiger partial charge in [-0.15, -0.1) is 0 Å². The third-order valence-electron chi connectivity index (χ3n) is 5.31. The Morgan fingerprint density at radius 3 is 2.38 bits per heavy atom. The molecule has 0 aromatic carbocycles. The highest BCUT2D eigenvalue weighted by molar-refractivity contribution is 5.00. The summed E-state index contributed by atoms with van der Waals surface area (Å²) in [4.78, 5) is 0. The van der Waals surface area contributed by atoms with Crippen LogP contribution in [0.1, 0.15) is 53.4 Å². The van der Waals surface area contributed by atoms with Gasteiger partial charge in [-0.25, -0.2) is 0 Å². The Morgan fingerprint density at radius 1 is 1.08 bits per heavy atom. The van der Waals surface area contributed by atoms with E-state index in [9.17, 15) is 0 Å². The van der Waals surface area contributed by atoms with E-state index >= 15 is 0 Å². The molecule has 0 nitrogen and oxygen atoms in total. The summed E-state index contributed by atoms with van der Waals surface area (Å²) in [5, 5.41) is 0. The summed E-state index contributed by atoms with van der Waals surface area (Å²) in [6.07, 6.45) is 5.96. The van der Waals surface area contributed by atoms with Crippen molar-refractivity contribution in [1.29, 1.82) is 0 Å². The number of rotatable bonds is 1. The highest BCUT2D eigenvalue weighted by Gasteiger charge is 2.50. The lowest BCUT2D eigenvalue weighted by Gasteiger charge is -2.41. The molecule has 5 unspecified atom stereocenters. The summed E-state index contributed by atoms with van der Waals surface area (Å²) in [5.74, 6) is 4.02. The van der Waals surface area contributed by atoms with Crippen molar-refractivity contribution < 1.29 is 0 Å². The third-order valence-corrected chi connectivity index (χ3v) is 5.31. The van der Waals surface area contributed by atoms with E-state index in [1.807, 2.05) is 0 Å². The molecule has 0 aromatic heterocycles. The van der Waals surface area contributed by atoms with E-state index in [-0.39, 0.29) is 0 Å². The predicted octanol–water partition coefficient (Wildman–Crippen LogP) is 4.10. The number of fused-ring (bicyclic) bond motifs is 2. The van der Waals surface area contributed by atoms with Gasteiger partial charge in [0.1, 0.15) is 0 Å². The first-order valence-corrected chi connectivity index (χ1v) is 6.09. The predicted molar refractivity (Wildman–Crippen MR) is 57.6 cm³/mol. The Kier molecular flexibility index (Phi) is 2.20. The van der Waals surface area contributed by atoms with E-state index in [0.29, 0.717) is 0 Å². The molecule has 76 valence electrons. The first-order chi connectivity index (χ1) is 6.09. The Balaban J connectivity index is 2.24. The summed E-state index contributed by atoms with van der Waals surface area (Å²) in [6, 6.07) is 0. The Bertz CT molecular complexity index is 196. The highest BCUT2D eigenvalue weighted by Crippen LogP contribution is 2.60. The van der Waals surface area contributed by atoms with E-state index in [1.54, 1.807) is 0 Å². The number of hydrogen-bond donors (Lipinski definition) is 0. The van der Waals surface area contributed by atoms with Crippen molar-refractivity contribution in [3.05, 3.63) is 0 Å². The Labute approximate surface area is 83.1 Å². The summed E-state index contributed by atoms with van der Waals surface area (Å²) in [6.45, 7) is 9.86. The zero-order chi connectivity index (χ0) is 9.64. The van der Waals surface area contributed by atoms with Gasteiger partial charge in [-0.1, -0.05) is 34.1 Å². The summed E-state index contributed by atoms with van der Waals surface area (Å²) >= 11 is 0. The van der Waals surface area contributed by atoms with Gasteiger partial charge < -0.3 is 0 Å². The van der Waals surface area contributed by atoms with Crippen LogP contribution in [0.2, 0.25) is 0 Å². The van der Waals surface area contributed by atoms with Crippen LogP contribution in [0.5, 0.6) is 0 Å². The molecule has 0 aliphatic heterocycles. The molecule has 13 heavy (non-hydrogen) atoms. The molecule has 0 amide bonds. The van der Waals surface area contributed by atoms with Crippen molar-refractivity contribution in [2.24, 2.45) is 29.1 Å². The molecule has 2 rings (SSSR count). The van der Waals surface area contributed by atoms with Crippen molar-refractivity contribution in [2.45, 2.75) is 53.4 Å². The first-order valence-electron chi connectivity index (χ1n) is 6.09. The molecule has 0 spiro atoms. The van der Waals surface area contributed by atoms with Gasteiger partial charge in [-0.2, -0.15) is 0 Å². The average Bonchev–Trinajstić information content (AvgIpc) is 2.39. The van der Waals surface area contributed by atoms with Gasteiger partial charge in [0.05, 0.1) is 0 Å². The highest BCUT2D eigenvalue weighted by atomic mass is 14.6. The van der Waals surface area contributed by atoms with Gasteiger partial charge >= 0.3 is 0 Å². The molecule has 0 aromatic rings. The molecule has 2 fully saturated rings. The van der Waals surface area contributed by atoms with E-state index in [4.69, 9.17) is 0 Å². The zero-order valence-electron chi connectivity index (χ0n) is 9.64. The van der Waals surface area contributed by atoms with Gasteiger partial charge in [0, 0.05) is 0 Å². The summed E-state index contributed by atoms with van der Waals surface area (Å²) in [5.41, 5.74) is 0.747. The normalized spacial score (nSPS) is 55.4. The zero-order valence-corrected chi connectivity index (χ0v) is 9.64. The van der Waals surface area contributed by atoms with Crippen LogP contribution in [0.15, 0.2) is 0 Å². The Morgan fingerprint density at radius 2 is 1.77 bits per heavy atom. The monoisotopic (exact) mass is 180 g/mol. The van der Waals surface area contributed by atoms with Gasteiger partial charge in [-0.3, -0.25) is 0 Å². The lowest BCUT2D eigenvalue weighted by atomic mass is 9.64. The van der Waals surface area contributed by atoms with E-state index < -0.39 is 0 Å². The fourth-order valence-electron chi connectivity index (χ4n) is 4.33. The minimum absolute atomic E-state index is 0.747. The quantitative estimate of drug-likeness (QED) is 0.570. The molecular formula is C13H24. The molecule has 0 heteroatoms. The van der Waals surface area contributed by atoms with Crippen LogP contribution in [0, 0.1) is 29.1 Å². The van der Waals surface area contributed by atoms with Crippen molar-refractivity contribution in [3.8, 4) is 0 Å². The summed E-state index contributed by atoms with van der Waals surface area (Å²) in [7, 11) is 0. The first kappa shape index (κ1) is 9.55. The van der Waals surface area contributed by atoms with Crippen LogP contribution < -0.4 is 0 Å². The SMILES string of the molecule is CCC12CC(C)C(C1)C(C)CC2C. The van der Waals surface area contributed by atoms with Gasteiger partial charge in [0.2, 0.25) is 0 Å². The van der Waals surface area contributed by atoms with Crippen LogP contribution in [0.25, 0.3) is 0 Å². The second kappa shape index (κ2) is 3.00. The second-order valence-electron chi connectivity index (χ2n) is 5.88. The molecule has 2 aliphatic carbocycles. The van der Waals surface area contributed by atoms with Crippen molar-refractivity contribution in [3.63, 3.8) is 0 Å². The van der Waals surface area contributed by atoms with Crippen molar-refractivity contribution >= 4 is 0 Å². The van der Waals surface area contributed by atoms with Gasteiger partial charge in [-0.05, 0) is 48.3 Å². The van der Waals surface area contributed by atoms with Gasteiger partial charge in [0.25, 0.3) is 0 Å². The fourth-order valence-corrected chi connectivity index (χ4v) is 4.33. The maximum absolute atomic E-state index is 2.49. The topological polar surface area (TPSA) is 0 Å². The van der Waals surface area contributed by atoms with E-state index in [1.165, 1.54) is 25.7 Å². The average molecular weight is 180 g/mol. The second-order valence-corrected chi connectivity index (χ2v) is 5.88. The molecule has 2 bridgehead atoms. The summed E-state index contributed by atoms with van der Waals surface area (Å²) < 4.78 is 0. The maximum Gasteiger partial charge on any atom is -0.0269 e. The standard InChI is InChI=1S/C13H24/c1-5-13-7-10(3)12(8-13)9(2)6-11(13)4/h9-12H,5-8H2,1-4H3. The molecule has 0 saturated heterocycles. The molecule has 2 aliphatic rings.